The molecule has 1 heterocycles. The highest BCUT2D eigenvalue weighted by atomic mass is 19.1. The molecule has 6 heteroatoms. The average molecular weight is 256 g/mol. The molecule has 1 aliphatic rings. The van der Waals surface area contributed by atoms with Crippen molar-refractivity contribution in [3.05, 3.63) is 23.8 Å². The molecule has 2 N–H and O–H groups in total. The number of nitrogens with zero attached hydrogens (tertiary/aromatic N) is 1. The average Bonchev–Trinajstić information content (AvgIpc) is 2.31. The van der Waals surface area contributed by atoms with Crippen LogP contribution in [-0.4, -0.2) is 30.7 Å². The van der Waals surface area contributed by atoms with Crippen molar-refractivity contribution in [3.8, 4) is 0 Å². The predicted octanol–water partition coefficient (Wildman–Crippen LogP) is 1.49. The molecular formula is C12H14F2N2O2. The second-order valence-electron chi connectivity index (χ2n) is 4.27. The quantitative estimate of drug-likeness (QED) is 0.806. The summed E-state index contributed by atoms with van der Waals surface area (Å²) in [6.45, 7) is 0.824. The second-order valence-corrected chi connectivity index (χ2v) is 4.27. The minimum absolute atomic E-state index is 0.0841. The van der Waals surface area contributed by atoms with Gasteiger partial charge in [0.25, 0.3) is 0 Å². The van der Waals surface area contributed by atoms with E-state index in [2.05, 4.69) is 5.32 Å². The molecule has 0 atom stereocenters. The molecule has 1 aliphatic heterocycles. The van der Waals surface area contributed by atoms with Crippen molar-refractivity contribution < 1.29 is 18.7 Å². The van der Waals surface area contributed by atoms with Gasteiger partial charge in [-0.1, -0.05) is 0 Å². The summed E-state index contributed by atoms with van der Waals surface area (Å²) >= 11 is 0. The first-order valence-corrected chi connectivity index (χ1v) is 5.74. The van der Waals surface area contributed by atoms with Crippen LogP contribution in [0, 0.1) is 11.6 Å². The minimum Gasteiger partial charge on any atom is -0.393 e. The van der Waals surface area contributed by atoms with Gasteiger partial charge in [0.1, 0.15) is 5.69 Å². The van der Waals surface area contributed by atoms with E-state index in [1.54, 1.807) is 4.90 Å². The Morgan fingerprint density at radius 1 is 1.28 bits per heavy atom. The monoisotopic (exact) mass is 256 g/mol. The topological polar surface area (TPSA) is 52.6 Å². The first-order chi connectivity index (χ1) is 8.61. The van der Waals surface area contributed by atoms with Crippen LogP contribution in [0.1, 0.15) is 12.8 Å². The lowest BCUT2D eigenvalue weighted by molar-refractivity contribution is -0.105. The summed E-state index contributed by atoms with van der Waals surface area (Å²) in [5, 5.41) is 11.6. The van der Waals surface area contributed by atoms with Crippen LogP contribution in [0.25, 0.3) is 0 Å². The number of carbonyl (C=O) groups is 1. The van der Waals surface area contributed by atoms with Crippen molar-refractivity contribution in [3.63, 3.8) is 0 Å². The predicted molar refractivity (Wildman–Crippen MR) is 63.5 cm³/mol. The van der Waals surface area contributed by atoms with E-state index in [-0.39, 0.29) is 11.4 Å². The van der Waals surface area contributed by atoms with E-state index >= 15 is 0 Å². The molecule has 0 spiro atoms. The highest BCUT2D eigenvalue weighted by Crippen LogP contribution is 2.29. The van der Waals surface area contributed by atoms with Crippen LogP contribution in [0.4, 0.5) is 20.2 Å². The number of aliphatic hydroxyl groups excluding tert-OH is 1. The molecule has 1 aromatic rings. The zero-order valence-electron chi connectivity index (χ0n) is 9.70. The number of hydrogen-bond acceptors (Lipinski definition) is 3. The van der Waals surface area contributed by atoms with E-state index in [0.717, 1.165) is 12.1 Å². The van der Waals surface area contributed by atoms with Crippen molar-refractivity contribution in [1.29, 1.82) is 0 Å². The lowest BCUT2D eigenvalue weighted by Gasteiger charge is -2.32. The standard InChI is InChI=1S/C12H14F2N2O2/c13-10-5-8(15-7-17)6-11(14)12(10)16-3-1-9(18)2-4-16/h5-7,9,18H,1-4H2,(H,15,17). The molecule has 0 bridgehead atoms. The lowest BCUT2D eigenvalue weighted by Crippen LogP contribution is -2.36. The number of nitrogens with one attached hydrogen (secondary N) is 1. The summed E-state index contributed by atoms with van der Waals surface area (Å²) in [5.74, 6) is -1.42. The summed E-state index contributed by atoms with van der Waals surface area (Å²) in [6.07, 6.45) is 0.953. The zero-order chi connectivity index (χ0) is 13.1. The van der Waals surface area contributed by atoms with Crippen molar-refractivity contribution in [1.82, 2.24) is 0 Å². The Hall–Kier alpha value is -1.69. The number of amides is 1. The fourth-order valence-corrected chi connectivity index (χ4v) is 2.11. The van der Waals surface area contributed by atoms with Gasteiger partial charge < -0.3 is 15.3 Å². The van der Waals surface area contributed by atoms with Crippen LogP contribution >= 0.6 is 0 Å². The third kappa shape index (κ3) is 2.59. The maximum atomic E-state index is 13.8. The Morgan fingerprint density at radius 3 is 2.33 bits per heavy atom. The van der Waals surface area contributed by atoms with Crippen LogP contribution in [0.5, 0.6) is 0 Å². The van der Waals surface area contributed by atoms with Crippen molar-refractivity contribution in [2.24, 2.45) is 0 Å². The van der Waals surface area contributed by atoms with Crippen LogP contribution in [0.3, 0.4) is 0 Å². The number of piperidine rings is 1. The van der Waals surface area contributed by atoms with E-state index in [0.29, 0.717) is 32.3 Å². The minimum atomic E-state index is -0.712. The smallest absolute Gasteiger partial charge is 0.211 e. The van der Waals surface area contributed by atoms with Gasteiger partial charge in [0, 0.05) is 18.8 Å². The van der Waals surface area contributed by atoms with Gasteiger partial charge in [0.05, 0.1) is 6.10 Å². The Morgan fingerprint density at radius 2 is 1.83 bits per heavy atom. The molecule has 0 radical (unpaired) electrons. The third-order valence-corrected chi connectivity index (χ3v) is 3.02. The van der Waals surface area contributed by atoms with E-state index in [9.17, 15) is 18.7 Å². The van der Waals surface area contributed by atoms with Gasteiger partial charge >= 0.3 is 0 Å². The number of benzene rings is 1. The van der Waals surface area contributed by atoms with Gasteiger partial charge in [0.2, 0.25) is 6.41 Å². The Kier molecular flexibility index (Phi) is 3.76. The maximum absolute atomic E-state index is 13.8. The highest BCUT2D eigenvalue weighted by Gasteiger charge is 2.23. The number of rotatable bonds is 3. The second kappa shape index (κ2) is 5.30. The molecule has 1 aromatic carbocycles. The first kappa shape index (κ1) is 12.8. The van der Waals surface area contributed by atoms with Crippen molar-refractivity contribution in [2.45, 2.75) is 18.9 Å². The normalized spacial score (nSPS) is 16.7. The largest absolute Gasteiger partial charge is 0.393 e. The van der Waals surface area contributed by atoms with Crippen molar-refractivity contribution >= 4 is 17.8 Å². The summed E-state index contributed by atoms with van der Waals surface area (Å²) in [7, 11) is 0. The van der Waals surface area contributed by atoms with Crippen LogP contribution in [-0.2, 0) is 4.79 Å². The van der Waals surface area contributed by atoms with E-state index in [1.807, 2.05) is 0 Å². The molecule has 0 unspecified atom stereocenters. The van der Waals surface area contributed by atoms with Gasteiger partial charge in [0.15, 0.2) is 11.6 Å². The number of anilines is 2. The van der Waals surface area contributed by atoms with E-state index in [1.165, 1.54) is 0 Å². The van der Waals surface area contributed by atoms with Gasteiger partial charge in [-0.15, -0.1) is 0 Å². The fraction of sp³-hybridized carbons (Fsp3) is 0.417. The Labute approximate surface area is 103 Å². The molecule has 1 amide bonds. The van der Waals surface area contributed by atoms with Crippen molar-refractivity contribution in [2.75, 3.05) is 23.3 Å². The molecule has 1 fully saturated rings. The summed E-state index contributed by atoms with van der Waals surface area (Å²) in [5.41, 5.74) is -0.0147. The van der Waals surface area contributed by atoms with Gasteiger partial charge in [-0.2, -0.15) is 0 Å². The highest BCUT2D eigenvalue weighted by molar-refractivity contribution is 5.72. The molecule has 0 saturated carbocycles. The number of hydrogen-bond donors (Lipinski definition) is 2. The molecule has 2 rings (SSSR count). The molecule has 0 aromatic heterocycles. The van der Waals surface area contributed by atoms with Gasteiger partial charge in [-0.3, -0.25) is 4.79 Å². The van der Waals surface area contributed by atoms with E-state index in [4.69, 9.17) is 0 Å². The number of halogens is 2. The maximum Gasteiger partial charge on any atom is 0.211 e. The van der Waals surface area contributed by atoms with Crippen LogP contribution in [0.15, 0.2) is 12.1 Å². The number of carbonyl (C=O) groups excluding carboxylic acids is 1. The van der Waals surface area contributed by atoms with Gasteiger partial charge in [-0.05, 0) is 25.0 Å². The summed E-state index contributed by atoms with van der Waals surface area (Å²) in [6, 6.07) is 2.16. The molecule has 98 valence electrons. The molecular weight excluding hydrogens is 242 g/mol. The molecule has 1 saturated heterocycles. The summed E-state index contributed by atoms with van der Waals surface area (Å²) in [4.78, 5) is 11.8. The SMILES string of the molecule is O=CNc1cc(F)c(N2CCC(O)CC2)c(F)c1. The molecule has 4 nitrogen and oxygen atoms in total. The molecule has 0 aliphatic carbocycles. The Balaban J connectivity index is 2.25. The number of aliphatic hydroxyl groups is 1. The summed E-state index contributed by atoms with van der Waals surface area (Å²) < 4.78 is 27.6. The Bertz CT molecular complexity index is 423. The fourth-order valence-electron chi connectivity index (χ4n) is 2.11. The third-order valence-electron chi connectivity index (χ3n) is 3.02. The van der Waals surface area contributed by atoms with Crippen LogP contribution < -0.4 is 10.2 Å². The van der Waals surface area contributed by atoms with Gasteiger partial charge in [-0.25, -0.2) is 8.78 Å². The van der Waals surface area contributed by atoms with E-state index < -0.39 is 17.7 Å². The van der Waals surface area contributed by atoms with Crippen LogP contribution in [0.2, 0.25) is 0 Å². The zero-order valence-corrected chi connectivity index (χ0v) is 9.70. The molecule has 18 heavy (non-hydrogen) atoms. The first-order valence-electron chi connectivity index (χ1n) is 5.74. The lowest BCUT2D eigenvalue weighted by atomic mass is 10.1.